The van der Waals surface area contributed by atoms with Gasteiger partial charge in [0, 0.05) is 5.02 Å². The van der Waals surface area contributed by atoms with Crippen molar-refractivity contribution < 1.29 is 28.5 Å². The van der Waals surface area contributed by atoms with E-state index in [1.54, 1.807) is 45.2 Å². The van der Waals surface area contributed by atoms with E-state index in [1.165, 1.54) is 23.0 Å². The molecular formula is C34H33ClN2O7S. The molecule has 1 aliphatic rings. The molecule has 1 atom stereocenters. The van der Waals surface area contributed by atoms with E-state index in [2.05, 4.69) is 4.99 Å². The fourth-order valence-corrected chi connectivity index (χ4v) is 6.20. The Morgan fingerprint density at radius 1 is 0.933 bits per heavy atom. The van der Waals surface area contributed by atoms with Crippen molar-refractivity contribution in [2.24, 2.45) is 4.99 Å². The highest BCUT2D eigenvalue weighted by atomic mass is 35.5. The van der Waals surface area contributed by atoms with Crippen LogP contribution in [-0.4, -0.2) is 38.0 Å². The summed E-state index contributed by atoms with van der Waals surface area (Å²) in [5.41, 5.74) is 2.82. The first-order valence-corrected chi connectivity index (χ1v) is 15.5. The lowest BCUT2D eigenvalue weighted by molar-refractivity contribution is -0.139. The second-order valence-corrected chi connectivity index (χ2v) is 11.4. The van der Waals surface area contributed by atoms with Gasteiger partial charge < -0.3 is 23.7 Å². The smallest absolute Gasteiger partial charge is 0.338 e. The van der Waals surface area contributed by atoms with Crippen LogP contribution in [0.2, 0.25) is 5.02 Å². The highest BCUT2D eigenvalue weighted by Crippen LogP contribution is 2.36. The Kier molecular flexibility index (Phi) is 9.95. The highest BCUT2D eigenvalue weighted by molar-refractivity contribution is 7.07. The number of esters is 1. The maximum absolute atomic E-state index is 14.1. The zero-order chi connectivity index (χ0) is 32.1. The fraction of sp³-hybridized carbons (Fsp3) is 0.265. The molecule has 2 heterocycles. The minimum absolute atomic E-state index is 0.181. The van der Waals surface area contributed by atoms with Crippen molar-refractivity contribution in [3.8, 4) is 23.0 Å². The summed E-state index contributed by atoms with van der Waals surface area (Å²) in [6, 6.07) is 17.5. The Labute approximate surface area is 269 Å². The normalized spacial score (nSPS) is 14.4. The number of nitrogens with zero attached hydrogens (tertiary/aromatic N) is 2. The van der Waals surface area contributed by atoms with E-state index in [-0.39, 0.29) is 17.7 Å². The topological polar surface area (TPSA) is 97.6 Å². The van der Waals surface area contributed by atoms with Crippen molar-refractivity contribution in [2.45, 2.75) is 33.4 Å². The zero-order valence-electron chi connectivity index (χ0n) is 25.6. The number of hydrogen-bond donors (Lipinski definition) is 0. The lowest BCUT2D eigenvalue weighted by Crippen LogP contribution is -2.39. The van der Waals surface area contributed by atoms with Gasteiger partial charge in [-0.3, -0.25) is 9.36 Å². The summed E-state index contributed by atoms with van der Waals surface area (Å²) in [4.78, 5) is 32.4. The molecule has 0 radical (unpaired) electrons. The van der Waals surface area contributed by atoms with Gasteiger partial charge in [0.2, 0.25) is 0 Å². The first-order chi connectivity index (χ1) is 21.8. The first-order valence-electron chi connectivity index (χ1n) is 14.3. The zero-order valence-corrected chi connectivity index (χ0v) is 27.2. The molecule has 0 aliphatic carbocycles. The van der Waals surface area contributed by atoms with E-state index >= 15 is 0 Å². The van der Waals surface area contributed by atoms with Crippen molar-refractivity contribution >= 4 is 35.0 Å². The molecule has 0 unspecified atom stereocenters. The van der Waals surface area contributed by atoms with Gasteiger partial charge >= 0.3 is 5.97 Å². The number of rotatable bonds is 11. The van der Waals surface area contributed by atoms with Crippen LogP contribution in [0.25, 0.3) is 6.08 Å². The molecule has 0 amide bonds. The Hall–Kier alpha value is -4.54. The molecule has 4 aromatic rings. The number of carbonyl (C=O) groups excluding carboxylic acids is 1. The molecule has 45 heavy (non-hydrogen) atoms. The molecule has 0 saturated heterocycles. The summed E-state index contributed by atoms with van der Waals surface area (Å²) in [6.07, 6.45) is 1.78. The average molecular weight is 649 g/mol. The Morgan fingerprint density at radius 2 is 1.67 bits per heavy atom. The second-order valence-electron chi connectivity index (χ2n) is 9.97. The predicted octanol–water partition coefficient (Wildman–Crippen LogP) is 5.45. The summed E-state index contributed by atoms with van der Waals surface area (Å²) < 4.78 is 30.2. The Bertz CT molecular complexity index is 1930. The van der Waals surface area contributed by atoms with E-state index in [9.17, 15) is 9.59 Å². The van der Waals surface area contributed by atoms with Crippen LogP contribution < -0.4 is 33.8 Å². The molecule has 3 aromatic carbocycles. The number of ether oxygens (including phenoxy) is 5. The maximum atomic E-state index is 14.1. The summed E-state index contributed by atoms with van der Waals surface area (Å²) in [7, 11) is 3.08. The predicted molar refractivity (Wildman–Crippen MR) is 173 cm³/mol. The van der Waals surface area contributed by atoms with Gasteiger partial charge in [-0.2, -0.15) is 0 Å². The van der Waals surface area contributed by atoms with Crippen molar-refractivity contribution in [3.05, 3.63) is 113 Å². The van der Waals surface area contributed by atoms with Crippen molar-refractivity contribution in [3.63, 3.8) is 0 Å². The molecule has 0 spiro atoms. The fourth-order valence-electron chi connectivity index (χ4n) is 5.02. The standard InChI is InChI=1S/C34H33ClN2O7S/c1-6-42-28-16-22(10-14-26(28)44-19-21-8-12-24(35)13-9-21)17-29-32(38)37-31(23-11-15-25(40-4)27(18-23)41-5)30(33(39)43-7-2)20(3)36-34(37)45-29/h8-18,31H,6-7,19H2,1-5H3/b29-17-/t31-/m0/s1. The van der Waals surface area contributed by atoms with Gasteiger partial charge in [0.15, 0.2) is 27.8 Å². The van der Waals surface area contributed by atoms with Gasteiger partial charge in [0.05, 0.1) is 49.3 Å². The van der Waals surface area contributed by atoms with Crippen LogP contribution in [0.15, 0.2) is 81.7 Å². The van der Waals surface area contributed by atoms with Crippen LogP contribution in [0.3, 0.4) is 0 Å². The van der Waals surface area contributed by atoms with E-state index < -0.39 is 12.0 Å². The molecule has 0 bridgehead atoms. The van der Waals surface area contributed by atoms with Gasteiger partial charge in [-0.25, -0.2) is 9.79 Å². The van der Waals surface area contributed by atoms with Gasteiger partial charge in [-0.05, 0) is 79.9 Å². The van der Waals surface area contributed by atoms with Crippen molar-refractivity contribution in [2.75, 3.05) is 27.4 Å². The van der Waals surface area contributed by atoms with Gasteiger partial charge in [-0.1, -0.05) is 47.2 Å². The molecule has 0 saturated carbocycles. The number of halogens is 1. The number of carbonyl (C=O) groups is 1. The van der Waals surface area contributed by atoms with Crippen LogP contribution in [0.5, 0.6) is 23.0 Å². The Balaban J connectivity index is 1.57. The number of allylic oxidation sites excluding steroid dienone is 1. The summed E-state index contributed by atoms with van der Waals surface area (Å²) in [6.45, 7) is 6.33. The molecule has 0 N–H and O–H groups in total. The monoisotopic (exact) mass is 648 g/mol. The minimum Gasteiger partial charge on any atom is -0.493 e. The molecule has 0 fully saturated rings. The first kappa shape index (κ1) is 31.9. The number of thiazole rings is 1. The third-order valence-electron chi connectivity index (χ3n) is 7.11. The van der Waals surface area contributed by atoms with Crippen LogP contribution in [-0.2, 0) is 16.1 Å². The van der Waals surface area contributed by atoms with Gasteiger partial charge in [-0.15, -0.1) is 0 Å². The third-order valence-corrected chi connectivity index (χ3v) is 8.35. The Morgan fingerprint density at radius 3 is 2.36 bits per heavy atom. The molecule has 1 aromatic heterocycles. The molecule has 11 heteroatoms. The number of benzene rings is 3. The molecule has 234 valence electrons. The quantitative estimate of drug-likeness (QED) is 0.200. The largest absolute Gasteiger partial charge is 0.493 e. The van der Waals surface area contributed by atoms with E-state index in [1.807, 2.05) is 49.4 Å². The average Bonchev–Trinajstić information content (AvgIpc) is 3.34. The number of aromatic nitrogens is 1. The van der Waals surface area contributed by atoms with Crippen LogP contribution in [0, 0.1) is 0 Å². The number of hydrogen-bond acceptors (Lipinski definition) is 9. The van der Waals surface area contributed by atoms with Crippen LogP contribution in [0.1, 0.15) is 43.5 Å². The van der Waals surface area contributed by atoms with Crippen LogP contribution in [0.4, 0.5) is 0 Å². The summed E-state index contributed by atoms with van der Waals surface area (Å²) in [5.74, 6) is 1.59. The van der Waals surface area contributed by atoms with Gasteiger partial charge in [0.1, 0.15) is 6.61 Å². The summed E-state index contributed by atoms with van der Waals surface area (Å²) in [5, 5.41) is 0.658. The SMILES string of the molecule is CCOC(=O)C1=C(C)N=c2s/c(=C\c3ccc(OCc4ccc(Cl)cc4)c(OCC)c3)c(=O)n2[C@H]1c1ccc(OC)c(OC)c1. The van der Waals surface area contributed by atoms with Gasteiger partial charge in [0.25, 0.3) is 5.56 Å². The van der Waals surface area contributed by atoms with E-state index in [4.69, 9.17) is 35.3 Å². The maximum Gasteiger partial charge on any atom is 0.338 e. The molecule has 5 rings (SSSR count). The number of methoxy groups -OCH3 is 2. The van der Waals surface area contributed by atoms with E-state index in [0.29, 0.717) is 61.8 Å². The van der Waals surface area contributed by atoms with Crippen molar-refractivity contribution in [1.82, 2.24) is 4.57 Å². The summed E-state index contributed by atoms with van der Waals surface area (Å²) >= 11 is 7.24. The molecule has 1 aliphatic heterocycles. The van der Waals surface area contributed by atoms with E-state index in [0.717, 1.165) is 11.1 Å². The highest BCUT2D eigenvalue weighted by Gasteiger charge is 2.34. The molecular weight excluding hydrogens is 616 g/mol. The molecule has 9 nitrogen and oxygen atoms in total. The lowest BCUT2D eigenvalue weighted by atomic mass is 9.95. The number of fused-ring (bicyclic) bond motifs is 1. The van der Waals surface area contributed by atoms with Crippen molar-refractivity contribution in [1.29, 1.82) is 0 Å². The minimum atomic E-state index is -0.787. The lowest BCUT2D eigenvalue weighted by Gasteiger charge is -2.25. The third kappa shape index (κ3) is 6.77. The van der Waals surface area contributed by atoms with Crippen LogP contribution >= 0.6 is 22.9 Å². The second kappa shape index (κ2) is 14.0.